The zero-order valence-electron chi connectivity index (χ0n) is 16.1. The van der Waals surface area contributed by atoms with Crippen molar-refractivity contribution in [3.05, 3.63) is 95.6 Å². The third-order valence-electron chi connectivity index (χ3n) is 5.61. The Balaban J connectivity index is 1.69. The highest BCUT2D eigenvalue weighted by atomic mass is 16.1. The van der Waals surface area contributed by atoms with Gasteiger partial charge in [0.05, 0.1) is 0 Å². The van der Waals surface area contributed by atoms with Crippen molar-refractivity contribution in [3.8, 4) is 0 Å². The molecule has 0 aliphatic heterocycles. The topological polar surface area (TPSA) is 22.0 Å². The number of benzene rings is 4. The van der Waals surface area contributed by atoms with Crippen molar-refractivity contribution in [1.29, 1.82) is 0 Å². The van der Waals surface area contributed by atoms with Gasteiger partial charge in [0, 0.05) is 39.5 Å². The van der Waals surface area contributed by atoms with E-state index < -0.39 is 0 Å². The van der Waals surface area contributed by atoms with Gasteiger partial charge in [-0.2, -0.15) is 0 Å². The van der Waals surface area contributed by atoms with Crippen molar-refractivity contribution < 1.29 is 4.79 Å². The molecule has 0 unspecified atom stereocenters. The fourth-order valence-corrected chi connectivity index (χ4v) is 4.20. The highest BCUT2D eigenvalue weighted by molar-refractivity contribution is 6.15. The van der Waals surface area contributed by atoms with E-state index in [1.54, 1.807) is 0 Å². The number of carbonyl (C=O) groups is 1. The summed E-state index contributed by atoms with van der Waals surface area (Å²) in [6.45, 7) is 5.17. The number of aryl methyl sites for hydroxylation is 2. The molecule has 0 bridgehead atoms. The first-order valence-corrected chi connectivity index (χ1v) is 9.72. The van der Waals surface area contributed by atoms with Crippen LogP contribution in [0.1, 0.15) is 28.4 Å². The lowest BCUT2D eigenvalue weighted by atomic mass is 9.98. The Morgan fingerprint density at radius 2 is 1.39 bits per heavy atom. The lowest BCUT2D eigenvalue weighted by molar-refractivity contribution is 0.103. The van der Waals surface area contributed by atoms with Crippen LogP contribution in [0.15, 0.2) is 78.9 Å². The maximum Gasteiger partial charge on any atom is 0.193 e. The molecule has 2 heteroatoms. The van der Waals surface area contributed by atoms with Gasteiger partial charge in [0.25, 0.3) is 0 Å². The van der Waals surface area contributed by atoms with Crippen LogP contribution in [0.25, 0.3) is 32.6 Å². The van der Waals surface area contributed by atoms with Crippen LogP contribution in [0.4, 0.5) is 0 Å². The summed E-state index contributed by atoms with van der Waals surface area (Å²) >= 11 is 0. The Bertz CT molecular complexity index is 1370. The minimum atomic E-state index is 0.0673. The summed E-state index contributed by atoms with van der Waals surface area (Å²) in [6, 6.07) is 26.7. The molecule has 0 N–H and O–H groups in total. The molecule has 136 valence electrons. The second-order valence-electron chi connectivity index (χ2n) is 7.39. The molecule has 0 atom stereocenters. The molecular formula is C26H21NO. The quantitative estimate of drug-likeness (QED) is 0.335. The molecule has 1 aromatic heterocycles. The molecule has 5 rings (SSSR count). The molecule has 4 aromatic carbocycles. The van der Waals surface area contributed by atoms with E-state index in [1.807, 2.05) is 42.5 Å². The number of hydrogen-bond donors (Lipinski definition) is 0. The Morgan fingerprint density at radius 1 is 0.750 bits per heavy atom. The zero-order valence-corrected chi connectivity index (χ0v) is 16.1. The highest BCUT2D eigenvalue weighted by Crippen LogP contribution is 2.31. The highest BCUT2D eigenvalue weighted by Gasteiger charge is 2.14. The van der Waals surface area contributed by atoms with E-state index in [2.05, 4.69) is 54.8 Å². The number of nitrogens with zero attached hydrogens (tertiary/aromatic N) is 1. The van der Waals surface area contributed by atoms with Gasteiger partial charge in [0.15, 0.2) is 5.78 Å². The summed E-state index contributed by atoms with van der Waals surface area (Å²) in [5.74, 6) is 0.0673. The molecule has 0 amide bonds. The maximum atomic E-state index is 13.2. The summed E-state index contributed by atoms with van der Waals surface area (Å²) in [7, 11) is 0. The number of ketones is 1. The number of hydrogen-bond acceptors (Lipinski definition) is 1. The summed E-state index contributed by atoms with van der Waals surface area (Å²) < 4.78 is 2.31. The van der Waals surface area contributed by atoms with Crippen LogP contribution in [-0.2, 0) is 6.54 Å². The van der Waals surface area contributed by atoms with Gasteiger partial charge in [0.1, 0.15) is 0 Å². The Labute approximate surface area is 164 Å². The first kappa shape index (κ1) is 16.8. The Hall–Kier alpha value is -3.39. The summed E-state index contributed by atoms with van der Waals surface area (Å²) in [5, 5.41) is 4.60. The monoisotopic (exact) mass is 363 g/mol. The average molecular weight is 363 g/mol. The SMILES string of the molecule is CCn1c2ccc(C)cc2c2cc(C(=O)c3ccc4ccccc4c3)ccc21. The third-order valence-corrected chi connectivity index (χ3v) is 5.61. The van der Waals surface area contributed by atoms with E-state index >= 15 is 0 Å². The fraction of sp³-hybridized carbons (Fsp3) is 0.115. The minimum absolute atomic E-state index is 0.0673. The van der Waals surface area contributed by atoms with Gasteiger partial charge in [-0.25, -0.2) is 0 Å². The van der Waals surface area contributed by atoms with Crippen LogP contribution in [-0.4, -0.2) is 10.4 Å². The standard InChI is InChI=1S/C26H21NO/c1-3-27-24-12-8-17(2)14-22(24)23-16-21(11-13-25(23)27)26(28)20-10-9-18-6-4-5-7-19(18)15-20/h4-16H,3H2,1-2H3. The van der Waals surface area contributed by atoms with Gasteiger partial charge < -0.3 is 4.57 Å². The van der Waals surface area contributed by atoms with E-state index in [-0.39, 0.29) is 5.78 Å². The van der Waals surface area contributed by atoms with Gasteiger partial charge >= 0.3 is 0 Å². The molecule has 2 nitrogen and oxygen atoms in total. The predicted molar refractivity (Wildman–Crippen MR) is 117 cm³/mol. The molecule has 0 aliphatic carbocycles. The zero-order chi connectivity index (χ0) is 19.3. The van der Waals surface area contributed by atoms with E-state index in [1.165, 1.54) is 22.0 Å². The van der Waals surface area contributed by atoms with Crippen molar-refractivity contribution in [2.45, 2.75) is 20.4 Å². The minimum Gasteiger partial charge on any atom is -0.341 e. The molecule has 1 heterocycles. The predicted octanol–water partition coefficient (Wildman–Crippen LogP) is 6.51. The number of rotatable bonds is 3. The molecule has 5 aromatic rings. The van der Waals surface area contributed by atoms with Gasteiger partial charge in [-0.15, -0.1) is 0 Å². The average Bonchev–Trinajstić information content (AvgIpc) is 3.05. The lowest BCUT2D eigenvalue weighted by Gasteiger charge is -2.05. The Kier molecular flexibility index (Phi) is 3.80. The van der Waals surface area contributed by atoms with Crippen molar-refractivity contribution in [3.63, 3.8) is 0 Å². The fourth-order valence-electron chi connectivity index (χ4n) is 4.20. The number of aromatic nitrogens is 1. The van der Waals surface area contributed by atoms with Crippen molar-refractivity contribution >= 4 is 38.4 Å². The molecule has 0 aliphatic rings. The van der Waals surface area contributed by atoms with E-state index in [9.17, 15) is 4.79 Å². The van der Waals surface area contributed by atoms with Gasteiger partial charge in [-0.1, -0.05) is 48.0 Å². The second-order valence-corrected chi connectivity index (χ2v) is 7.39. The van der Waals surface area contributed by atoms with Crippen LogP contribution >= 0.6 is 0 Å². The van der Waals surface area contributed by atoms with Gasteiger partial charge in [-0.05, 0) is 61.0 Å². The molecule has 0 fully saturated rings. The van der Waals surface area contributed by atoms with Gasteiger partial charge in [0.2, 0.25) is 0 Å². The van der Waals surface area contributed by atoms with E-state index in [0.29, 0.717) is 0 Å². The van der Waals surface area contributed by atoms with Crippen molar-refractivity contribution in [1.82, 2.24) is 4.57 Å². The van der Waals surface area contributed by atoms with Crippen LogP contribution < -0.4 is 0 Å². The van der Waals surface area contributed by atoms with E-state index in [4.69, 9.17) is 0 Å². The Morgan fingerprint density at radius 3 is 2.18 bits per heavy atom. The van der Waals surface area contributed by atoms with Crippen LogP contribution in [0.3, 0.4) is 0 Å². The normalized spacial score (nSPS) is 11.5. The first-order valence-electron chi connectivity index (χ1n) is 9.72. The first-order chi connectivity index (χ1) is 13.7. The number of fused-ring (bicyclic) bond motifs is 4. The summed E-state index contributed by atoms with van der Waals surface area (Å²) in [5.41, 5.74) is 5.10. The lowest BCUT2D eigenvalue weighted by Crippen LogP contribution is -2.01. The van der Waals surface area contributed by atoms with Crippen LogP contribution in [0.5, 0.6) is 0 Å². The summed E-state index contributed by atoms with van der Waals surface area (Å²) in [4.78, 5) is 13.2. The summed E-state index contributed by atoms with van der Waals surface area (Å²) in [6.07, 6.45) is 0. The second kappa shape index (κ2) is 6.35. The van der Waals surface area contributed by atoms with Gasteiger partial charge in [-0.3, -0.25) is 4.79 Å². The molecule has 28 heavy (non-hydrogen) atoms. The van der Waals surface area contributed by atoms with Crippen LogP contribution in [0, 0.1) is 6.92 Å². The van der Waals surface area contributed by atoms with Crippen LogP contribution in [0.2, 0.25) is 0 Å². The third kappa shape index (κ3) is 2.53. The molecular weight excluding hydrogens is 342 g/mol. The number of carbonyl (C=O) groups excluding carboxylic acids is 1. The van der Waals surface area contributed by atoms with Crippen molar-refractivity contribution in [2.75, 3.05) is 0 Å². The van der Waals surface area contributed by atoms with E-state index in [0.717, 1.165) is 33.8 Å². The smallest absolute Gasteiger partial charge is 0.193 e. The molecule has 0 radical (unpaired) electrons. The largest absolute Gasteiger partial charge is 0.341 e. The maximum absolute atomic E-state index is 13.2. The van der Waals surface area contributed by atoms with Crippen molar-refractivity contribution in [2.24, 2.45) is 0 Å². The molecule has 0 spiro atoms. The molecule has 0 saturated carbocycles. The molecule has 0 saturated heterocycles.